The minimum absolute atomic E-state index is 0.0000531. The lowest BCUT2D eigenvalue weighted by molar-refractivity contribution is -0.119. The number of nitrogens with two attached hydrogens (primary N) is 1. The van der Waals surface area contributed by atoms with Crippen LogP contribution < -0.4 is 20.5 Å². The Hall–Kier alpha value is -3.77. The number of amides is 1. The molecule has 1 amide bonds. The summed E-state index contributed by atoms with van der Waals surface area (Å²) in [6.45, 7) is 7.85. The topological polar surface area (TPSA) is 124 Å². The highest BCUT2D eigenvalue weighted by molar-refractivity contribution is 9.10. The standard InChI is InChI=1S/C29H30BrN3O5/c1-5-36-23-11-17(6-9-22(23)37-15-25(35)33-20-8-7-18(30)10-16(20)2)26-19(14-31)28(32)38-24-13-29(3,4)12-21(34)27(24)26/h6-11,26H,5,12-13,15,32H2,1-4H3,(H,33,35). The van der Waals surface area contributed by atoms with Gasteiger partial charge in [-0.1, -0.05) is 35.8 Å². The molecule has 0 radical (unpaired) electrons. The zero-order valence-corrected chi connectivity index (χ0v) is 23.4. The van der Waals surface area contributed by atoms with Crippen molar-refractivity contribution < 1.29 is 23.8 Å². The molecule has 1 aliphatic carbocycles. The van der Waals surface area contributed by atoms with Crippen molar-refractivity contribution in [3.63, 3.8) is 0 Å². The highest BCUT2D eigenvalue weighted by atomic mass is 79.9. The normalized spacial score (nSPS) is 18.3. The van der Waals surface area contributed by atoms with E-state index < -0.39 is 5.92 Å². The van der Waals surface area contributed by atoms with E-state index in [1.165, 1.54) is 0 Å². The van der Waals surface area contributed by atoms with Crippen LogP contribution in [-0.4, -0.2) is 24.9 Å². The van der Waals surface area contributed by atoms with Crippen LogP contribution in [0, 0.1) is 23.7 Å². The van der Waals surface area contributed by atoms with Crippen molar-refractivity contribution in [1.82, 2.24) is 0 Å². The third kappa shape index (κ3) is 5.70. The molecule has 2 aliphatic rings. The lowest BCUT2D eigenvalue weighted by atomic mass is 9.70. The maximum atomic E-state index is 13.2. The van der Waals surface area contributed by atoms with E-state index in [1.807, 2.05) is 45.9 Å². The number of hydrogen-bond acceptors (Lipinski definition) is 7. The molecular weight excluding hydrogens is 550 g/mol. The average Bonchev–Trinajstić information content (AvgIpc) is 2.83. The number of carbonyl (C=O) groups excluding carboxylic acids is 2. The zero-order chi connectivity index (χ0) is 27.6. The Balaban J connectivity index is 1.61. The van der Waals surface area contributed by atoms with Gasteiger partial charge in [0.15, 0.2) is 23.9 Å². The van der Waals surface area contributed by atoms with E-state index in [-0.39, 0.29) is 35.2 Å². The number of rotatable bonds is 7. The molecular formula is C29H30BrN3O5. The molecule has 1 heterocycles. The summed E-state index contributed by atoms with van der Waals surface area (Å²) in [5.74, 6) is 0.200. The lowest BCUT2D eigenvalue weighted by Crippen LogP contribution is -2.33. The van der Waals surface area contributed by atoms with Crippen molar-refractivity contribution in [2.45, 2.75) is 46.5 Å². The molecule has 1 atom stereocenters. The maximum Gasteiger partial charge on any atom is 0.262 e. The largest absolute Gasteiger partial charge is 0.490 e. The molecule has 2 aromatic carbocycles. The molecule has 0 saturated heterocycles. The van der Waals surface area contributed by atoms with Gasteiger partial charge in [0.2, 0.25) is 5.88 Å². The number of allylic oxidation sites excluding steroid dienone is 3. The second-order valence-electron chi connectivity index (χ2n) is 10.1. The van der Waals surface area contributed by atoms with Crippen LogP contribution in [0.1, 0.15) is 50.7 Å². The van der Waals surface area contributed by atoms with Gasteiger partial charge < -0.3 is 25.3 Å². The molecule has 1 aliphatic heterocycles. The summed E-state index contributed by atoms with van der Waals surface area (Å²) < 4.78 is 18.3. The summed E-state index contributed by atoms with van der Waals surface area (Å²) >= 11 is 3.41. The molecule has 9 heteroatoms. The second-order valence-corrected chi connectivity index (χ2v) is 11.1. The molecule has 3 N–H and O–H groups in total. The van der Waals surface area contributed by atoms with Crippen molar-refractivity contribution in [3.05, 3.63) is 74.8 Å². The quantitative estimate of drug-likeness (QED) is 0.436. The third-order valence-corrected chi connectivity index (χ3v) is 6.99. The smallest absolute Gasteiger partial charge is 0.262 e. The molecule has 2 aromatic rings. The molecule has 0 saturated carbocycles. The predicted octanol–water partition coefficient (Wildman–Crippen LogP) is 5.62. The van der Waals surface area contributed by atoms with Crippen LogP contribution in [0.2, 0.25) is 0 Å². The monoisotopic (exact) mass is 579 g/mol. The zero-order valence-electron chi connectivity index (χ0n) is 21.8. The lowest BCUT2D eigenvalue weighted by Gasteiger charge is -2.37. The van der Waals surface area contributed by atoms with Gasteiger partial charge in [0.25, 0.3) is 5.91 Å². The Morgan fingerprint density at radius 2 is 1.97 bits per heavy atom. The van der Waals surface area contributed by atoms with Gasteiger partial charge in [-0.25, -0.2) is 0 Å². The van der Waals surface area contributed by atoms with Crippen molar-refractivity contribution >= 4 is 33.3 Å². The number of anilines is 1. The first-order chi connectivity index (χ1) is 18.0. The minimum Gasteiger partial charge on any atom is -0.490 e. The van der Waals surface area contributed by atoms with E-state index >= 15 is 0 Å². The van der Waals surface area contributed by atoms with Gasteiger partial charge in [-0.15, -0.1) is 0 Å². The van der Waals surface area contributed by atoms with Gasteiger partial charge in [-0.2, -0.15) is 5.26 Å². The van der Waals surface area contributed by atoms with Gasteiger partial charge in [0, 0.05) is 28.6 Å². The number of nitrogens with zero attached hydrogens (tertiary/aromatic N) is 1. The van der Waals surface area contributed by atoms with Gasteiger partial charge in [-0.3, -0.25) is 9.59 Å². The van der Waals surface area contributed by atoms with E-state index in [9.17, 15) is 14.9 Å². The average molecular weight is 580 g/mol. The number of ketones is 1. The number of halogens is 1. The molecule has 4 rings (SSSR count). The first kappa shape index (κ1) is 27.3. The van der Waals surface area contributed by atoms with Crippen molar-refractivity contribution in [1.29, 1.82) is 5.26 Å². The Labute approximate surface area is 230 Å². The fourth-order valence-corrected chi connectivity index (χ4v) is 5.28. The van der Waals surface area contributed by atoms with Crippen LogP contribution in [0.5, 0.6) is 11.5 Å². The summed E-state index contributed by atoms with van der Waals surface area (Å²) in [7, 11) is 0. The van der Waals surface area contributed by atoms with Crippen molar-refractivity contribution in [2.75, 3.05) is 18.5 Å². The van der Waals surface area contributed by atoms with Crippen molar-refractivity contribution in [2.24, 2.45) is 11.1 Å². The van der Waals surface area contributed by atoms with E-state index in [4.69, 9.17) is 19.9 Å². The highest BCUT2D eigenvalue weighted by Crippen LogP contribution is 2.48. The van der Waals surface area contributed by atoms with Crippen LogP contribution in [0.3, 0.4) is 0 Å². The number of benzene rings is 2. The van der Waals surface area contributed by atoms with Crippen molar-refractivity contribution in [3.8, 4) is 17.6 Å². The highest BCUT2D eigenvalue weighted by Gasteiger charge is 2.43. The molecule has 198 valence electrons. The van der Waals surface area contributed by atoms with E-state index in [0.29, 0.717) is 53.5 Å². The molecule has 0 aromatic heterocycles. The van der Waals surface area contributed by atoms with Crippen LogP contribution in [0.25, 0.3) is 0 Å². The fraction of sp³-hybridized carbons (Fsp3) is 0.345. The van der Waals surface area contributed by atoms with Crippen LogP contribution >= 0.6 is 15.9 Å². The molecule has 0 spiro atoms. The number of aryl methyl sites for hydroxylation is 1. The number of Topliss-reactive ketones (excluding diaryl/α,β-unsaturated/α-hetero) is 1. The second kappa shape index (κ2) is 10.9. The number of hydrogen-bond donors (Lipinski definition) is 2. The summed E-state index contributed by atoms with van der Waals surface area (Å²) in [6.07, 6.45) is 0.882. The fourth-order valence-electron chi connectivity index (χ4n) is 4.81. The molecule has 38 heavy (non-hydrogen) atoms. The Morgan fingerprint density at radius 3 is 2.66 bits per heavy atom. The summed E-state index contributed by atoms with van der Waals surface area (Å²) in [6, 6.07) is 12.9. The van der Waals surface area contributed by atoms with Crippen LogP contribution in [0.4, 0.5) is 5.69 Å². The van der Waals surface area contributed by atoms with Crippen LogP contribution in [-0.2, 0) is 14.3 Å². The predicted molar refractivity (Wildman–Crippen MR) is 146 cm³/mol. The number of nitrogens with one attached hydrogen (secondary N) is 1. The number of ether oxygens (including phenoxy) is 3. The van der Waals surface area contributed by atoms with Gasteiger partial charge in [0.1, 0.15) is 17.4 Å². The first-order valence-corrected chi connectivity index (χ1v) is 13.1. The SMILES string of the molecule is CCOc1cc(C2C(C#N)=C(N)OC3=C2C(=O)CC(C)(C)C3)ccc1OCC(=O)Nc1ccc(Br)cc1C. The Morgan fingerprint density at radius 1 is 1.21 bits per heavy atom. The summed E-state index contributed by atoms with van der Waals surface area (Å²) in [5, 5.41) is 12.7. The maximum absolute atomic E-state index is 13.2. The molecule has 0 bridgehead atoms. The molecule has 8 nitrogen and oxygen atoms in total. The number of carbonyl (C=O) groups is 2. The third-order valence-electron chi connectivity index (χ3n) is 6.50. The summed E-state index contributed by atoms with van der Waals surface area (Å²) in [5.41, 5.74) is 8.76. The Bertz CT molecular complexity index is 1400. The first-order valence-electron chi connectivity index (χ1n) is 12.3. The van der Waals surface area contributed by atoms with Crippen LogP contribution in [0.15, 0.2) is 63.7 Å². The van der Waals surface area contributed by atoms with E-state index in [0.717, 1.165) is 10.0 Å². The minimum atomic E-state index is -0.677. The van der Waals surface area contributed by atoms with Gasteiger partial charge in [0.05, 0.1) is 12.5 Å². The van der Waals surface area contributed by atoms with E-state index in [2.05, 4.69) is 27.3 Å². The number of nitriles is 1. The van der Waals surface area contributed by atoms with Gasteiger partial charge in [-0.05, 0) is 60.7 Å². The Kier molecular flexibility index (Phi) is 7.83. The molecule has 0 fully saturated rings. The molecule has 1 unspecified atom stereocenters. The van der Waals surface area contributed by atoms with E-state index in [1.54, 1.807) is 18.2 Å². The van der Waals surface area contributed by atoms with Gasteiger partial charge >= 0.3 is 0 Å². The summed E-state index contributed by atoms with van der Waals surface area (Å²) in [4.78, 5) is 25.8.